The van der Waals surface area contributed by atoms with Crippen LogP contribution in [0.5, 0.6) is 0 Å². The second-order valence-corrected chi connectivity index (χ2v) is 11.0. The Morgan fingerprint density at radius 1 is 0.357 bits per heavy atom. The van der Waals surface area contributed by atoms with E-state index < -0.39 is 0 Å². The van der Waals surface area contributed by atoms with Crippen molar-refractivity contribution in [3.63, 3.8) is 0 Å². The molecule has 0 spiro atoms. The van der Waals surface area contributed by atoms with Gasteiger partial charge in [-0.05, 0) is 72.8 Å². The molecule has 0 bridgehead atoms. The summed E-state index contributed by atoms with van der Waals surface area (Å²) in [5, 5.41) is 6.90. The lowest BCUT2D eigenvalue weighted by atomic mass is 10.1. The Kier molecular flexibility index (Phi) is 4.15. The maximum Gasteiger partial charge on any atom is 0.161 e. The molecule has 0 amide bonds. The average Bonchev–Trinajstić information content (AvgIpc) is 3.78. The van der Waals surface area contributed by atoms with E-state index in [0.717, 1.165) is 66.3 Å². The van der Waals surface area contributed by atoms with Crippen molar-refractivity contribution in [3.05, 3.63) is 133 Å². The third kappa shape index (κ3) is 2.80. The number of rotatable bonds is 2. The maximum atomic E-state index is 6.40. The molecular formula is C38H22N2O2. The lowest BCUT2D eigenvalue weighted by Crippen LogP contribution is -1.94. The molecule has 0 aliphatic rings. The molecule has 4 heterocycles. The molecule has 10 aromatic rings. The van der Waals surface area contributed by atoms with Crippen LogP contribution in [0.15, 0.2) is 142 Å². The second kappa shape index (κ2) is 7.93. The first kappa shape index (κ1) is 22.0. The molecule has 0 radical (unpaired) electrons. The first-order chi connectivity index (χ1) is 20.8. The highest BCUT2D eigenvalue weighted by atomic mass is 16.3. The van der Waals surface area contributed by atoms with E-state index in [1.807, 2.05) is 12.1 Å². The summed E-state index contributed by atoms with van der Waals surface area (Å²) in [5.74, 6) is 0. The van der Waals surface area contributed by atoms with Gasteiger partial charge in [-0.15, -0.1) is 0 Å². The Balaban J connectivity index is 1.26. The van der Waals surface area contributed by atoms with Crippen molar-refractivity contribution in [1.29, 1.82) is 0 Å². The molecule has 42 heavy (non-hydrogen) atoms. The van der Waals surface area contributed by atoms with Crippen molar-refractivity contribution in [2.75, 3.05) is 0 Å². The van der Waals surface area contributed by atoms with Crippen LogP contribution >= 0.6 is 0 Å². The minimum atomic E-state index is 0.873. The molecule has 0 N–H and O–H groups in total. The van der Waals surface area contributed by atoms with Crippen molar-refractivity contribution in [2.24, 2.45) is 0 Å². The minimum Gasteiger partial charge on any atom is -0.456 e. The number of nitrogens with zero attached hydrogens (tertiary/aromatic N) is 2. The maximum absolute atomic E-state index is 6.40. The summed E-state index contributed by atoms with van der Waals surface area (Å²) in [6, 6.07) is 47.0. The first-order valence-electron chi connectivity index (χ1n) is 14.2. The molecule has 10 rings (SSSR count). The molecule has 0 fully saturated rings. The predicted octanol–water partition coefficient (Wildman–Crippen LogP) is 10.5. The van der Waals surface area contributed by atoms with E-state index in [-0.39, 0.29) is 0 Å². The third-order valence-corrected chi connectivity index (χ3v) is 8.72. The summed E-state index contributed by atoms with van der Waals surface area (Å²) in [4.78, 5) is 0. The van der Waals surface area contributed by atoms with Crippen molar-refractivity contribution in [2.45, 2.75) is 0 Å². The van der Waals surface area contributed by atoms with Gasteiger partial charge >= 0.3 is 0 Å². The van der Waals surface area contributed by atoms with Crippen LogP contribution < -0.4 is 0 Å². The molecule has 196 valence electrons. The number of benzene rings is 6. The Morgan fingerprint density at radius 3 is 1.48 bits per heavy atom. The van der Waals surface area contributed by atoms with E-state index in [1.54, 1.807) is 0 Å². The SMILES string of the molecule is c1ccc2c(c1)oc1c3ccccc3n(-c3ccc4oc5ccc(-n6c7ccccc7c7ccccc76)cc5c4c3)c21. The number of furan rings is 2. The molecule has 0 aliphatic heterocycles. The van der Waals surface area contributed by atoms with Gasteiger partial charge in [-0.25, -0.2) is 0 Å². The average molecular weight is 539 g/mol. The van der Waals surface area contributed by atoms with E-state index in [2.05, 4.69) is 130 Å². The molecule has 0 unspecified atom stereocenters. The van der Waals surface area contributed by atoms with Crippen LogP contribution in [-0.4, -0.2) is 9.13 Å². The lowest BCUT2D eigenvalue weighted by molar-refractivity contribution is 0.669. The normalized spacial score (nSPS) is 12.3. The first-order valence-corrected chi connectivity index (χ1v) is 14.2. The zero-order chi connectivity index (χ0) is 27.4. The number of hydrogen-bond donors (Lipinski definition) is 0. The van der Waals surface area contributed by atoms with Crippen LogP contribution in [0.25, 0.3) is 88.1 Å². The van der Waals surface area contributed by atoms with E-state index in [0.29, 0.717) is 0 Å². The Hall–Kier alpha value is -5.74. The molecule has 4 nitrogen and oxygen atoms in total. The van der Waals surface area contributed by atoms with Gasteiger partial charge in [0.25, 0.3) is 0 Å². The molecular weight excluding hydrogens is 516 g/mol. The molecule has 0 aliphatic carbocycles. The molecule has 4 aromatic heterocycles. The molecule has 0 saturated carbocycles. The molecule has 0 saturated heterocycles. The van der Waals surface area contributed by atoms with Gasteiger partial charge in [-0.2, -0.15) is 0 Å². The molecule has 6 aromatic carbocycles. The van der Waals surface area contributed by atoms with E-state index in [9.17, 15) is 0 Å². The number of hydrogen-bond acceptors (Lipinski definition) is 2. The van der Waals surface area contributed by atoms with Crippen LogP contribution in [0.4, 0.5) is 0 Å². The van der Waals surface area contributed by atoms with E-state index in [1.165, 1.54) is 21.8 Å². The molecule has 4 heteroatoms. The smallest absolute Gasteiger partial charge is 0.161 e. The van der Waals surface area contributed by atoms with Crippen molar-refractivity contribution >= 4 is 76.7 Å². The topological polar surface area (TPSA) is 36.1 Å². The fourth-order valence-electron chi connectivity index (χ4n) is 6.92. The molecule has 0 atom stereocenters. The monoisotopic (exact) mass is 538 g/mol. The minimum absolute atomic E-state index is 0.873. The van der Waals surface area contributed by atoms with Crippen LogP contribution in [-0.2, 0) is 0 Å². The highest BCUT2D eigenvalue weighted by Crippen LogP contribution is 2.40. The number of aromatic nitrogens is 2. The van der Waals surface area contributed by atoms with Crippen LogP contribution in [0.3, 0.4) is 0 Å². The van der Waals surface area contributed by atoms with Crippen LogP contribution in [0, 0.1) is 0 Å². The van der Waals surface area contributed by atoms with E-state index >= 15 is 0 Å². The highest BCUT2D eigenvalue weighted by molar-refractivity contribution is 6.17. The van der Waals surface area contributed by atoms with Gasteiger partial charge in [0, 0.05) is 43.7 Å². The predicted molar refractivity (Wildman–Crippen MR) is 172 cm³/mol. The van der Waals surface area contributed by atoms with Crippen LogP contribution in [0.2, 0.25) is 0 Å². The van der Waals surface area contributed by atoms with Crippen molar-refractivity contribution < 1.29 is 8.83 Å². The second-order valence-electron chi connectivity index (χ2n) is 11.0. The summed E-state index contributed by atoms with van der Waals surface area (Å²) in [7, 11) is 0. The Bertz CT molecular complexity index is 2640. The quantitative estimate of drug-likeness (QED) is 0.219. The van der Waals surface area contributed by atoms with Crippen molar-refractivity contribution in [3.8, 4) is 11.4 Å². The van der Waals surface area contributed by atoms with Crippen LogP contribution in [0.1, 0.15) is 0 Å². The fraction of sp³-hybridized carbons (Fsp3) is 0. The third-order valence-electron chi connectivity index (χ3n) is 8.72. The Labute approximate surface area is 239 Å². The standard InChI is InChI=1S/C38H22N2O2/c1-5-13-31-25(9-1)26-10-2-6-14-32(26)39(31)23-17-19-35-29(21-23)30-22-24(18-20-36(30)41-35)40-33-15-7-3-11-27(33)38-37(40)28-12-4-8-16-34(28)42-38/h1-22H. The van der Waals surface area contributed by atoms with Gasteiger partial charge < -0.3 is 18.0 Å². The van der Waals surface area contributed by atoms with Gasteiger partial charge in [0.05, 0.1) is 16.6 Å². The van der Waals surface area contributed by atoms with Gasteiger partial charge in [-0.1, -0.05) is 60.7 Å². The van der Waals surface area contributed by atoms with Crippen molar-refractivity contribution in [1.82, 2.24) is 9.13 Å². The number of para-hydroxylation sites is 4. The van der Waals surface area contributed by atoms with Gasteiger partial charge in [0.2, 0.25) is 0 Å². The van der Waals surface area contributed by atoms with Gasteiger partial charge in [-0.3, -0.25) is 0 Å². The summed E-state index contributed by atoms with van der Waals surface area (Å²) in [5.41, 5.74) is 10.3. The lowest BCUT2D eigenvalue weighted by Gasteiger charge is -2.09. The fourth-order valence-corrected chi connectivity index (χ4v) is 6.92. The summed E-state index contributed by atoms with van der Waals surface area (Å²) in [6.07, 6.45) is 0. The largest absolute Gasteiger partial charge is 0.456 e. The summed E-state index contributed by atoms with van der Waals surface area (Å²) >= 11 is 0. The zero-order valence-corrected chi connectivity index (χ0v) is 22.4. The number of fused-ring (bicyclic) bond motifs is 11. The Morgan fingerprint density at radius 2 is 0.833 bits per heavy atom. The summed E-state index contributed by atoms with van der Waals surface area (Å²) < 4.78 is 17.4. The van der Waals surface area contributed by atoms with Gasteiger partial charge in [0.1, 0.15) is 22.3 Å². The van der Waals surface area contributed by atoms with Gasteiger partial charge in [0.15, 0.2) is 5.58 Å². The summed E-state index contributed by atoms with van der Waals surface area (Å²) in [6.45, 7) is 0. The van der Waals surface area contributed by atoms with E-state index in [4.69, 9.17) is 8.83 Å². The highest BCUT2D eigenvalue weighted by Gasteiger charge is 2.20. The zero-order valence-electron chi connectivity index (χ0n) is 22.4.